The normalized spacial score (nSPS) is 47.3. The molecular weight excluding hydrogens is 264 g/mol. The quantitative estimate of drug-likeness (QED) is 0.697. The number of aliphatic hydroxyl groups excluding tert-OH is 1. The van der Waals surface area contributed by atoms with Crippen LogP contribution in [-0.2, 0) is 9.59 Å². The molecule has 114 valence electrons. The van der Waals surface area contributed by atoms with Crippen molar-refractivity contribution in [1.82, 2.24) is 0 Å². The lowest BCUT2D eigenvalue weighted by atomic mass is 9.58. The van der Waals surface area contributed by atoms with Crippen LogP contribution in [0.5, 0.6) is 0 Å². The van der Waals surface area contributed by atoms with E-state index >= 15 is 0 Å². The van der Waals surface area contributed by atoms with E-state index in [0.717, 1.165) is 0 Å². The van der Waals surface area contributed by atoms with Crippen LogP contribution < -0.4 is 0 Å². The number of aliphatic hydroxyl groups is 1. The Morgan fingerprint density at radius 1 is 1.24 bits per heavy atom. The molecule has 2 saturated carbocycles. The van der Waals surface area contributed by atoms with E-state index in [0.29, 0.717) is 32.1 Å². The smallest absolute Gasteiger partial charge is 0.139 e. The third kappa shape index (κ3) is 2.55. The first kappa shape index (κ1) is 12.4. The highest BCUT2D eigenvalue weighted by Crippen LogP contribution is 2.55. The van der Waals surface area contributed by atoms with Crippen molar-refractivity contribution in [3.8, 4) is 11.8 Å². The van der Waals surface area contributed by atoms with Gasteiger partial charge in [0.25, 0.3) is 0 Å². The highest BCUT2D eigenvalue weighted by molar-refractivity contribution is 5.88. The van der Waals surface area contributed by atoms with Crippen molar-refractivity contribution in [3.63, 3.8) is 0 Å². The minimum Gasteiger partial charge on any atom is -0.392 e. The number of hydrogen-bond donors (Lipinski definition) is 1. The van der Waals surface area contributed by atoms with E-state index in [2.05, 4.69) is 11.8 Å². The van der Waals surface area contributed by atoms with E-state index in [9.17, 15) is 14.7 Å². The maximum absolute atomic E-state index is 12.7. The molecule has 0 spiro atoms. The van der Waals surface area contributed by atoms with Gasteiger partial charge in [-0.2, -0.15) is 0 Å². The van der Waals surface area contributed by atoms with Crippen molar-refractivity contribution in [3.05, 3.63) is 0 Å². The maximum atomic E-state index is 12.7. The monoisotopic (exact) mass is 290 g/mol. The number of carbonyl (C=O) groups is 2. The summed E-state index contributed by atoms with van der Waals surface area (Å²) in [7, 11) is 0. The molecule has 0 bridgehead atoms. The SMILES string of the molecule is [2H]C1([2H])C#CC[C@@H](O)CCC(=O)[C@H]2CC[C@]3(C)C(=O)CC[C@H]3[C@@H]21. The van der Waals surface area contributed by atoms with Crippen molar-refractivity contribution in [1.29, 1.82) is 0 Å². The summed E-state index contributed by atoms with van der Waals surface area (Å²) < 4.78 is 16.9. The second-order valence-electron chi connectivity index (χ2n) is 6.97. The Kier molecular flexibility index (Phi) is 3.29. The van der Waals surface area contributed by atoms with Crippen LogP contribution in [0.25, 0.3) is 0 Å². The highest BCUT2D eigenvalue weighted by Gasteiger charge is 2.54. The summed E-state index contributed by atoms with van der Waals surface area (Å²) in [6.07, 6.45) is 0.765. The van der Waals surface area contributed by atoms with E-state index in [-0.39, 0.29) is 36.2 Å². The van der Waals surface area contributed by atoms with Crippen LogP contribution in [0.2, 0.25) is 0 Å². The zero-order valence-electron chi connectivity index (χ0n) is 14.5. The van der Waals surface area contributed by atoms with Gasteiger partial charge in [0.2, 0.25) is 0 Å². The average molecular weight is 290 g/mol. The second kappa shape index (κ2) is 5.57. The van der Waals surface area contributed by atoms with E-state index in [1.54, 1.807) is 0 Å². The van der Waals surface area contributed by atoms with Crippen LogP contribution in [0.3, 0.4) is 0 Å². The predicted octanol–water partition coefficient (Wildman–Crippen LogP) is 2.51. The zero-order valence-corrected chi connectivity index (χ0v) is 12.5. The Morgan fingerprint density at radius 2 is 2.05 bits per heavy atom. The van der Waals surface area contributed by atoms with Gasteiger partial charge in [-0.25, -0.2) is 0 Å². The molecule has 3 aliphatic carbocycles. The van der Waals surface area contributed by atoms with Gasteiger partial charge in [0.1, 0.15) is 11.6 Å². The fourth-order valence-corrected chi connectivity index (χ4v) is 4.38. The molecule has 3 aliphatic rings. The van der Waals surface area contributed by atoms with E-state index in [1.165, 1.54) is 0 Å². The molecule has 0 unspecified atom stereocenters. The summed E-state index contributed by atoms with van der Waals surface area (Å²) in [6, 6.07) is 0. The molecule has 1 N–H and O–H groups in total. The molecule has 0 amide bonds. The van der Waals surface area contributed by atoms with E-state index in [1.807, 2.05) is 6.92 Å². The lowest BCUT2D eigenvalue weighted by Gasteiger charge is -2.44. The number of carbonyl (C=O) groups excluding carboxylic acids is 2. The standard InChI is InChI=1S/C18H24O3/c1-18-11-10-14-13(15(18)7-9-17(18)21)5-3-2-4-12(19)6-8-16(14)20/h12-15,19H,4-11H2,1H3/t12-,13-,14+,15+,18+/m1/s1/i5D2. The molecule has 21 heavy (non-hydrogen) atoms. The first-order valence-corrected chi connectivity index (χ1v) is 8.00. The molecule has 0 radical (unpaired) electrons. The summed E-state index contributed by atoms with van der Waals surface area (Å²) in [5, 5.41) is 9.82. The maximum Gasteiger partial charge on any atom is 0.139 e. The Bertz CT molecular complexity index is 589. The molecule has 2 fully saturated rings. The van der Waals surface area contributed by atoms with Gasteiger partial charge in [-0.3, -0.25) is 9.59 Å². The van der Waals surface area contributed by atoms with Gasteiger partial charge < -0.3 is 5.11 Å². The van der Waals surface area contributed by atoms with Crippen molar-refractivity contribution in [2.75, 3.05) is 0 Å². The van der Waals surface area contributed by atoms with Gasteiger partial charge in [0.05, 0.1) is 6.10 Å². The minimum atomic E-state index is -1.80. The van der Waals surface area contributed by atoms with Crippen molar-refractivity contribution >= 4 is 11.6 Å². The summed E-state index contributed by atoms with van der Waals surface area (Å²) in [5.41, 5.74) is -0.500. The summed E-state index contributed by atoms with van der Waals surface area (Å²) in [6.45, 7) is 1.94. The number of rotatable bonds is 0. The highest BCUT2D eigenvalue weighted by atomic mass is 16.3. The number of hydrogen-bond acceptors (Lipinski definition) is 3. The summed E-state index contributed by atoms with van der Waals surface area (Å²) in [5.74, 6) is 4.70. The number of Topliss-reactive ketones (excluding diaryl/α,β-unsaturated/α-hetero) is 2. The topological polar surface area (TPSA) is 54.4 Å². The van der Waals surface area contributed by atoms with Crippen LogP contribution >= 0.6 is 0 Å². The third-order valence-electron chi connectivity index (χ3n) is 5.78. The van der Waals surface area contributed by atoms with Gasteiger partial charge >= 0.3 is 0 Å². The van der Waals surface area contributed by atoms with Crippen molar-refractivity contribution in [2.45, 2.75) is 64.3 Å². The summed E-state index contributed by atoms with van der Waals surface area (Å²) in [4.78, 5) is 25.0. The Labute approximate surface area is 129 Å². The molecule has 3 heteroatoms. The molecule has 5 atom stereocenters. The van der Waals surface area contributed by atoms with Gasteiger partial charge in [-0.15, -0.1) is 11.8 Å². The van der Waals surface area contributed by atoms with E-state index < -0.39 is 23.8 Å². The van der Waals surface area contributed by atoms with Crippen LogP contribution in [0.4, 0.5) is 0 Å². The van der Waals surface area contributed by atoms with Gasteiger partial charge in [-0.05, 0) is 37.5 Å². The fourth-order valence-electron chi connectivity index (χ4n) is 4.38. The van der Waals surface area contributed by atoms with Crippen LogP contribution in [-0.4, -0.2) is 22.8 Å². The molecule has 0 aromatic carbocycles. The molecule has 0 heterocycles. The molecule has 0 saturated heterocycles. The lowest BCUT2D eigenvalue weighted by molar-refractivity contribution is -0.136. The van der Waals surface area contributed by atoms with Crippen molar-refractivity contribution < 1.29 is 17.4 Å². The van der Waals surface area contributed by atoms with Gasteiger partial charge in [0.15, 0.2) is 0 Å². The van der Waals surface area contributed by atoms with E-state index in [4.69, 9.17) is 2.74 Å². The van der Waals surface area contributed by atoms with Crippen LogP contribution in [0, 0.1) is 35.0 Å². The first-order valence-electron chi connectivity index (χ1n) is 9.00. The lowest BCUT2D eigenvalue weighted by Crippen LogP contribution is -2.44. The minimum absolute atomic E-state index is 0.0306. The third-order valence-corrected chi connectivity index (χ3v) is 5.78. The zero-order chi connectivity index (χ0) is 16.8. The largest absolute Gasteiger partial charge is 0.392 e. The second-order valence-corrected chi connectivity index (χ2v) is 6.97. The molecule has 0 aromatic rings. The number of fused-ring (bicyclic) bond motifs is 3. The average Bonchev–Trinajstić information content (AvgIpc) is 2.78. The molecule has 3 nitrogen and oxygen atoms in total. The first-order chi connectivity index (χ1) is 10.8. The number of ketones is 2. The fraction of sp³-hybridized carbons (Fsp3) is 0.778. The Morgan fingerprint density at radius 3 is 2.86 bits per heavy atom. The van der Waals surface area contributed by atoms with Crippen molar-refractivity contribution in [2.24, 2.45) is 23.2 Å². The Hall–Kier alpha value is -1.14. The molecule has 0 aromatic heterocycles. The Balaban J connectivity index is 2.03. The van der Waals surface area contributed by atoms with Gasteiger partial charge in [-0.1, -0.05) is 6.92 Å². The molecular formula is C18H24O3. The predicted molar refractivity (Wildman–Crippen MR) is 79.3 cm³/mol. The molecule has 3 rings (SSSR count). The van der Waals surface area contributed by atoms with Crippen LogP contribution in [0.1, 0.15) is 61.0 Å². The van der Waals surface area contributed by atoms with Crippen LogP contribution in [0.15, 0.2) is 0 Å². The molecule has 0 aliphatic heterocycles. The summed E-state index contributed by atoms with van der Waals surface area (Å²) >= 11 is 0. The van der Waals surface area contributed by atoms with Gasteiger partial charge in [0, 0.05) is 39.7 Å².